The summed E-state index contributed by atoms with van der Waals surface area (Å²) in [4.78, 5) is 16.2. The number of benzene rings is 2. The maximum Gasteiger partial charge on any atom is 0.343 e. The van der Waals surface area contributed by atoms with Crippen LogP contribution in [0.4, 0.5) is 0 Å². The van der Waals surface area contributed by atoms with E-state index in [1.807, 2.05) is 17.7 Å². The van der Waals surface area contributed by atoms with Crippen LogP contribution in [0.2, 0.25) is 5.02 Å². The number of carbonyl (C=O) groups is 1. The molecular formula is C15H11ClN2O2. The molecule has 2 aromatic carbocycles. The Morgan fingerprint density at radius 3 is 2.70 bits per heavy atom. The third kappa shape index (κ3) is 2.38. The molecule has 100 valence electrons. The third-order valence-corrected chi connectivity index (χ3v) is 3.24. The monoisotopic (exact) mass is 286 g/mol. The van der Waals surface area contributed by atoms with Gasteiger partial charge in [0.1, 0.15) is 5.75 Å². The second-order valence-electron chi connectivity index (χ2n) is 4.40. The van der Waals surface area contributed by atoms with Crippen LogP contribution in [0.25, 0.3) is 11.0 Å². The first-order valence-corrected chi connectivity index (χ1v) is 6.40. The summed E-state index contributed by atoms with van der Waals surface area (Å²) in [6.45, 7) is 0. The molecular weight excluding hydrogens is 276 g/mol. The lowest BCUT2D eigenvalue weighted by molar-refractivity contribution is 0.0735. The summed E-state index contributed by atoms with van der Waals surface area (Å²) in [6, 6.07) is 11.9. The van der Waals surface area contributed by atoms with Crippen LogP contribution in [-0.2, 0) is 7.05 Å². The smallest absolute Gasteiger partial charge is 0.343 e. The number of aryl methyl sites for hydroxylation is 1. The molecule has 1 aromatic heterocycles. The van der Waals surface area contributed by atoms with Crippen LogP contribution in [0, 0.1) is 0 Å². The van der Waals surface area contributed by atoms with Gasteiger partial charge in [-0.05, 0) is 36.4 Å². The van der Waals surface area contributed by atoms with Crippen LogP contribution in [-0.4, -0.2) is 15.5 Å². The van der Waals surface area contributed by atoms with Crippen molar-refractivity contribution in [2.24, 2.45) is 7.05 Å². The molecule has 0 aliphatic rings. The molecule has 3 aromatic rings. The number of imidazole rings is 1. The molecule has 0 atom stereocenters. The van der Waals surface area contributed by atoms with E-state index in [0.717, 1.165) is 11.0 Å². The lowest BCUT2D eigenvalue weighted by Crippen LogP contribution is -2.08. The third-order valence-electron chi connectivity index (χ3n) is 2.99. The summed E-state index contributed by atoms with van der Waals surface area (Å²) in [7, 11) is 1.91. The van der Waals surface area contributed by atoms with Crippen molar-refractivity contribution in [3.63, 3.8) is 0 Å². The molecule has 4 nitrogen and oxygen atoms in total. The predicted octanol–water partition coefficient (Wildman–Crippen LogP) is 3.45. The highest BCUT2D eigenvalue weighted by atomic mass is 35.5. The highest BCUT2D eigenvalue weighted by Crippen LogP contribution is 2.20. The van der Waals surface area contributed by atoms with Gasteiger partial charge in [-0.15, -0.1) is 0 Å². The zero-order valence-electron chi connectivity index (χ0n) is 10.7. The molecule has 1 heterocycles. The van der Waals surface area contributed by atoms with E-state index in [9.17, 15) is 4.79 Å². The molecule has 0 N–H and O–H groups in total. The van der Waals surface area contributed by atoms with Crippen molar-refractivity contribution in [1.29, 1.82) is 0 Å². The van der Waals surface area contributed by atoms with Crippen LogP contribution in [0.1, 0.15) is 10.4 Å². The summed E-state index contributed by atoms with van der Waals surface area (Å²) < 4.78 is 7.23. The quantitative estimate of drug-likeness (QED) is 0.535. The number of esters is 1. The number of rotatable bonds is 2. The van der Waals surface area contributed by atoms with Crippen LogP contribution < -0.4 is 4.74 Å². The van der Waals surface area contributed by atoms with Crippen LogP contribution >= 0.6 is 11.6 Å². The highest BCUT2D eigenvalue weighted by Gasteiger charge is 2.09. The van der Waals surface area contributed by atoms with E-state index >= 15 is 0 Å². The van der Waals surface area contributed by atoms with Gasteiger partial charge in [0.05, 0.1) is 22.9 Å². The number of carbonyl (C=O) groups excluding carboxylic acids is 1. The summed E-state index contributed by atoms with van der Waals surface area (Å²) in [5.74, 6) is 0.0492. The van der Waals surface area contributed by atoms with Crippen molar-refractivity contribution in [3.05, 3.63) is 59.4 Å². The van der Waals surface area contributed by atoms with E-state index in [0.29, 0.717) is 16.3 Å². The zero-order chi connectivity index (χ0) is 14.1. The number of hydrogen-bond donors (Lipinski definition) is 0. The molecule has 0 bridgehead atoms. The molecule has 3 rings (SSSR count). The summed E-state index contributed by atoms with van der Waals surface area (Å²) in [5, 5.41) is 0.580. The maximum absolute atomic E-state index is 12.0. The van der Waals surface area contributed by atoms with Crippen molar-refractivity contribution < 1.29 is 9.53 Å². The minimum atomic E-state index is -0.419. The van der Waals surface area contributed by atoms with Gasteiger partial charge in [0.2, 0.25) is 0 Å². The van der Waals surface area contributed by atoms with Crippen molar-refractivity contribution >= 4 is 28.6 Å². The normalized spacial score (nSPS) is 10.7. The van der Waals surface area contributed by atoms with Gasteiger partial charge in [-0.1, -0.05) is 11.6 Å². The molecule has 0 aliphatic carbocycles. The Morgan fingerprint density at radius 1 is 1.20 bits per heavy atom. The average Bonchev–Trinajstić information content (AvgIpc) is 2.81. The fourth-order valence-electron chi connectivity index (χ4n) is 1.93. The first-order valence-electron chi connectivity index (χ1n) is 6.02. The van der Waals surface area contributed by atoms with Gasteiger partial charge in [0, 0.05) is 18.1 Å². The SMILES string of the molecule is Cn1cnc2cc(OC(=O)c3ccc(Cl)cc3)ccc21. The standard InChI is InChI=1S/C15H11ClN2O2/c1-18-9-17-13-8-12(6-7-14(13)18)20-15(19)10-2-4-11(16)5-3-10/h2-9H,1H3. The van der Waals surface area contributed by atoms with Gasteiger partial charge in [0.15, 0.2) is 0 Å². The van der Waals surface area contributed by atoms with Gasteiger partial charge in [-0.25, -0.2) is 9.78 Å². The van der Waals surface area contributed by atoms with E-state index in [-0.39, 0.29) is 0 Å². The molecule has 0 unspecified atom stereocenters. The Kier molecular flexibility index (Phi) is 3.16. The van der Waals surface area contributed by atoms with E-state index in [1.165, 1.54) is 0 Å². The Morgan fingerprint density at radius 2 is 1.95 bits per heavy atom. The van der Waals surface area contributed by atoms with Gasteiger partial charge in [-0.2, -0.15) is 0 Å². The lowest BCUT2D eigenvalue weighted by Gasteiger charge is -2.04. The Hall–Kier alpha value is -2.33. The molecule has 5 heteroatoms. The minimum absolute atomic E-state index is 0.419. The van der Waals surface area contributed by atoms with Crippen LogP contribution in [0.15, 0.2) is 48.8 Å². The average molecular weight is 287 g/mol. The van der Waals surface area contributed by atoms with E-state index in [1.54, 1.807) is 42.7 Å². The van der Waals surface area contributed by atoms with E-state index < -0.39 is 5.97 Å². The minimum Gasteiger partial charge on any atom is -0.423 e. The molecule has 0 saturated heterocycles. The number of hydrogen-bond acceptors (Lipinski definition) is 3. The topological polar surface area (TPSA) is 44.1 Å². The fourth-order valence-corrected chi connectivity index (χ4v) is 2.06. The van der Waals surface area contributed by atoms with Crippen molar-refractivity contribution in [1.82, 2.24) is 9.55 Å². The Labute approximate surface area is 120 Å². The first kappa shape index (κ1) is 12.7. The number of nitrogens with zero attached hydrogens (tertiary/aromatic N) is 2. The van der Waals surface area contributed by atoms with Gasteiger partial charge in [-0.3, -0.25) is 0 Å². The Balaban J connectivity index is 1.85. The van der Waals surface area contributed by atoms with E-state index in [2.05, 4.69) is 4.98 Å². The molecule has 0 aliphatic heterocycles. The van der Waals surface area contributed by atoms with Crippen molar-refractivity contribution in [2.75, 3.05) is 0 Å². The number of ether oxygens (including phenoxy) is 1. The number of halogens is 1. The van der Waals surface area contributed by atoms with Crippen LogP contribution in [0.5, 0.6) is 5.75 Å². The predicted molar refractivity (Wildman–Crippen MR) is 77.1 cm³/mol. The number of aromatic nitrogens is 2. The largest absolute Gasteiger partial charge is 0.423 e. The zero-order valence-corrected chi connectivity index (χ0v) is 11.5. The van der Waals surface area contributed by atoms with E-state index in [4.69, 9.17) is 16.3 Å². The molecule has 0 amide bonds. The molecule has 0 radical (unpaired) electrons. The van der Waals surface area contributed by atoms with Crippen LogP contribution in [0.3, 0.4) is 0 Å². The summed E-state index contributed by atoms with van der Waals surface area (Å²) in [5.41, 5.74) is 2.22. The van der Waals surface area contributed by atoms with Crippen molar-refractivity contribution in [3.8, 4) is 5.75 Å². The summed E-state index contributed by atoms with van der Waals surface area (Å²) >= 11 is 5.78. The molecule has 20 heavy (non-hydrogen) atoms. The lowest BCUT2D eigenvalue weighted by atomic mass is 10.2. The molecule has 0 spiro atoms. The maximum atomic E-state index is 12.0. The molecule has 0 fully saturated rings. The van der Waals surface area contributed by atoms with Gasteiger partial charge in [0.25, 0.3) is 0 Å². The number of fused-ring (bicyclic) bond motifs is 1. The van der Waals surface area contributed by atoms with Crippen molar-refractivity contribution in [2.45, 2.75) is 0 Å². The fraction of sp³-hybridized carbons (Fsp3) is 0.0667. The second kappa shape index (κ2) is 4.98. The van der Waals surface area contributed by atoms with Gasteiger partial charge >= 0.3 is 5.97 Å². The second-order valence-corrected chi connectivity index (χ2v) is 4.84. The van der Waals surface area contributed by atoms with Gasteiger partial charge < -0.3 is 9.30 Å². The first-order chi connectivity index (χ1) is 9.63. The summed E-state index contributed by atoms with van der Waals surface area (Å²) in [6.07, 6.45) is 1.72. The highest BCUT2D eigenvalue weighted by molar-refractivity contribution is 6.30. The molecule has 0 saturated carbocycles. The Bertz CT molecular complexity index is 778.